The van der Waals surface area contributed by atoms with Gasteiger partial charge in [0.15, 0.2) is 5.82 Å². The molecule has 0 saturated carbocycles. The lowest BCUT2D eigenvalue weighted by molar-refractivity contribution is -0.132. The largest absolute Gasteiger partial charge is 0.381 e. The van der Waals surface area contributed by atoms with Crippen LogP contribution in [0.2, 0.25) is 0 Å². The summed E-state index contributed by atoms with van der Waals surface area (Å²) < 4.78 is 10.5. The van der Waals surface area contributed by atoms with Gasteiger partial charge < -0.3 is 14.2 Å². The predicted octanol–water partition coefficient (Wildman–Crippen LogP) is 1.41. The van der Waals surface area contributed by atoms with Crippen LogP contribution < -0.4 is 0 Å². The Morgan fingerprint density at radius 1 is 1.33 bits per heavy atom. The van der Waals surface area contributed by atoms with Crippen LogP contribution in [-0.4, -0.2) is 70.8 Å². The monoisotopic (exact) mass is 336 g/mol. The number of nitrogens with zero attached hydrogens (tertiary/aromatic N) is 4. The van der Waals surface area contributed by atoms with Crippen molar-refractivity contribution in [3.63, 3.8) is 0 Å². The molecule has 2 aliphatic rings. The third-order valence-electron chi connectivity index (χ3n) is 5.13. The second-order valence-corrected chi connectivity index (χ2v) is 6.83. The lowest BCUT2D eigenvalue weighted by Crippen LogP contribution is -2.53. The van der Waals surface area contributed by atoms with Gasteiger partial charge in [-0.05, 0) is 32.2 Å². The van der Waals surface area contributed by atoms with Crippen LogP contribution in [0.3, 0.4) is 0 Å². The number of ether oxygens (including phenoxy) is 1. The highest BCUT2D eigenvalue weighted by Crippen LogP contribution is 2.23. The summed E-state index contributed by atoms with van der Waals surface area (Å²) in [5.74, 6) is 1.38. The van der Waals surface area contributed by atoms with E-state index in [4.69, 9.17) is 9.26 Å². The molecule has 2 saturated heterocycles. The second-order valence-electron chi connectivity index (χ2n) is 6.83. The van der Waals surface area contributed by atoms with Gasteiger partial charge in [-0.25, -0.2) is 0 Å². The summed E-state index contributed by atoms with van der Waals surface area (Å²) >= 11 is 0. The lowest BCUT2D eigenvalue weighted by Gasteiger charge is -2.43. The van der Waals surface area contributed by atoms with E-state index in [0.29, 0.717) is 30.7 Å². The molecule has 7 heteroatoms. The quantitative estimate of drug-likeness (QED) is 0.810. The number of carbonyl (C=O) groups excluding carboxylic acids is 1. The zero-order valence-electron chi connectivity index (χ0n) is 14.7. The number of carbonyl (C=O) groups is 1. The summed E-state index contributed by atoms with van der Waals surface area (Å²) in [5, 5.41) is 3.93. The number of aryl methyl sites for hydroxylation is 1. The van der Waals surface area contributed by atoms with Gasteiger partial charge in [-0.3, -0.25) is 9.69 Å². The molecule has 0 N–H and O–H groups in total. The predicted molar refractivity (Wildman–Crippen MR) is 88.6 cm³/mol. The molecule has 1 aromatic heterocycles. The standard InChI is InChI=1S/C17H28N4O3/c1-13-18-17(19-24-13)5-9-21(14(2)22)16-4-3-8-20(12-16)15-6-10-23-11-7-15/h15-16H,3-12H2,1-2H3. The molecule has 1 atom stereocenters. The van der Waals surface area contributed by atoms with E-state index in [2.05, 4.69) is 15.0 Å². The molecule has 1 unspecified atom stereocenters. The molecule has 2 fully saturated rings. The summed E-state index contributed by atoms with van der Waals surface area (Å²) in [6, 6.07) is 0.891. The van der Waals surface area contributed by atoms with Crippen LogP contribution >= 0.6 is 0 Å². The molecule has 1 aromatic rings. The fourth-order valence-corrected chi connectivity index (χ4v) is 3.88. The normalized spacial score (nSPS) is 23.3. The molecule has 0 spiro atoms. The molecule has 0 aliphatic carbocycles. The van der Waals surface area contributed by atoms with Gasteiger partial charge in [0.25, 0.3) is 0 Å². The van der Waals surface area contributed by atoms with Gasteiger partial charge in [0.1, 0.15) is 0 Å². The first-order valence-electron chi connectivity index (χ1n) is 9.01. The minimum absolute atomic E-state index is 0.133. The van der Waals surface area contributed by atoms with E-state index in [1.54, 1.807) is 13.8 Å². The van der Waals surface area contributed by atoms with Gasteiger partial charge >= 0.3 is 0 Å². The van der Waals surface area contributed by atoms with E-state index in [9.17, 15) is 4.79 Å². The first kappa shape index (κ1) is 17.4. The highest BCUT2D eigenvalue weighted by molar-refractivity contribution is 5.73. The van der Waals surface area contributed by atoms with Crippen molar-refractivity contribution >= 4 is 5.91 Å². The van der Waals surface area contributed by atoms with Crippen LogP contribution in [0.4, 0.5) is 0 Å². The Balaban J connectivity index is 1.58. The van der Waals surface area contributed by atoms with E-state index in [1.807, 2.05) is 4.90 Å². The van der Waals surface area contributed by atoms with Crippen LogP contribution in [0.5, 0.6) is 0 Å². The number of likely N-dealkylation sites (tertiary alicyclic amines) is 1. The van der Waals surface area contributed by atoms with Gasteiger partial charge in [0.2, 0.25) is 11.8 Å². The SMILES string of the molecule is CC(=O)N(CCc1noc(C)n1)C1CCCN(C2CCOCC2)C1. The molecule has 3 heterocycles. The summed E-state index contributed by atoms with van der Waals surface area (Å²) in [6.45, 7) is 7.92. The van der Waals surface area contributed by atoms with E-state index < -0.39 is 0 Å². The van der Waals surface area contributed by atoms with E-state index in [-0.39, 0.29) is 11.9 Å². The minimum atomic E-state index is 0.133. The second kappa shape index (κ2) is 8.07. The third kappa shape index (κ3) is 4.33. The van der Waals surface area contributed by atoms with Crippen molar-refractivity contribution in [3.8, 4) is 0 Å². The summed E-state index contributed by atoms with van der Waals surface area (Å²) in [6.07, 6.45) is 5.08. The van der Waals surface area contributed by atoms with E-state index in [0.717, 1.165) is 52.0 Å². The molecule has 0 radical (unpaired) electrons. The minimum Gasteiger partial charge on any atom is -0.381 e. The zero-order chi connectivity index (χ0) is 16.9. The Labute approximate surface area is 143 Å². The smallest absolute Gasteiger partial charge is 0.223 e. The lowest BCUT2D eigenvalue weighted by atomic mass is 9.98. The molecule has 134 valence electrons. The van der Waals surface area contributed by atoms with Crippen LogP contribution in [0.25, 0.3) is 0 Å². The van der Waals surface area contributed by atoms with Crippen LogP contribution in [0.1, 0.15) is 44.3 Å². The van der Waals surface area contributed by atoms with E-state index >= 15 is 0 Å². The Bertz CT molecular complexity index is 542. The molecule has 24 heavy (non-hydrogen) atoms. The molecule has 3 rings (SSSR count). The fourth-order valence-electron chi connectivity index (χ4n) is 3.88. The van der Waals surface area contributed by atoms with Gasteiger partial charge in [-0.15, -0.1) is 0 Å². The average Bonchev–Trinajstić information content (AvgIpc) is 3.01. The number of rotatable bonds is 5. The van der Waals surface area contributed by atoms with Gasteiger partial charge in [0, 0.05) is 58.7 Å². The molecular weight excluding hydrogens is 308 g/mol. The third-order valence-corrected chi connectivity index (χ3v) is 5.13. The summed E-state index contributed by atoms with van der Waals surface area (Å²) in [4.78, 5) is 21.0. The van der Waals surface area contributed by atoms with Crippen molar-refractivity contribution in [1.82, 2.24) is 19.9 Å². The topological polar surface area (TPSA) is 71.7 Å². The van der Waals surface area contributed by atoms with Crippen molar-refractivity contribution in [2.24, 2.45) is 0 Å². The highest BCUT2D eigenvalue weighted by atomic mass is 16.5. The van der Waals surface area contributed by atoms with Crippen molar-refractivity contribution in [2.75, 3.05) is 32.8 Å². The van der Waals surface area contributed by atoms with Gasteiger partial charge in [-0.1, -0.05) is 5.16 Å². The maximum atomic E-state index is 12.2. The number of amides is 1. The summed E-state index contributed by atoms with van der Waals surface area (Å²) in [7, 11) is 0. The fraction of sp³-hybridized carbons (Fsp3) is 0.824. The average molecular weight is 336 g/mol. The molecule has 0 aromatic carbocycles. The molecule has 2 aliphatic heterocycles. The van der Waals surface area contributed by atoms with E-state index in [1.165, 1.54) is 0 Å². The van der Waals surface area contributed by atoms with Crippen molar-refractivity contribution in [3.05, 3.63) is 11.7 Å². The molecule has 0 bridgehead atoms. The highest BCUT2D eigenvalue weighted by Gasteiger charge is 2.31. The first-order chi connectivity index (χ1) is 11.6. The zero-order valence-corrected chi connectivity index (χ0v) is 14.7. The Hall–Kier alpha value is -1.47. The number of hydrogen-bond donors (Lipinski definition) is 0. The van der Waals surface area contributed by atoms with Gasteiger partial charge in [-0.2, -0.15) is 4.98 Å². The number of piperidine rings is 1. The Morgan fingerprint density at radius 2 is 2.12 bits per heavy atom. The molecule has 1 amide bonds. The maximum absolute atomic E-state index is 12.2. The van der Waals surface area contributed by atoms with Crippen LogP contribution in [0, 0.1) is 6.92 Å². The molecule has 7 nitrogen and oxygen atoms in total. The number of aromatic nitrogens is 2. The first-order valence-corrected chi connectivity index (χ1v) is 9.01. The van der Waals surface area contributed by atoms with Crippen molar-refractivity contribution in [2.45, 2.75) is 58.0 Å². The maximum Gasteiger partial charge on any atom is 0.223 e. The Morgan fingerprint density at radius 3 is 2.79 bits per heavy atom. The summed E-state index contributed by atoms with van der Waals surface area (Å²) in [5.41, 5.74) is 0. The van der Waals surface area contributed by atoms with Crippen LogP contribution in [-0.2, 0) is 16.0 Å². The number of hydrogen-bond acceptors (Lipinski definition) is 6. The Kier molecular flexibility index (Phi) is 5.84. The van der Waals surface area contributed by atoms with Crippen molar-refractivity contribution in [1.29, 1.82) is 0 Å². The van der Waals surface area contributed by atoms with Gasteiger partial charge in [0.05, 0.1) is 0 Å². The molecular formula is C17H28N4O3. The van der Waals surface area contributed by atoms with Crippen LogP contribution in [0.15, 0.2) is 4.52 Å². The van der Waals surface area contributed by atoms with Crippen molar-refractivity contribution < 1.29 is 14.1 Å².